The first kappa shape index (κ1) is 16.4. The number of carbonyl (C=O) groups excluding carboxylic acids is 2. The fourth-order valence-corrected chi connectivity index (χ4v) is 4.07. The van der Waals surface area contributed by atoms with E-state index in [0.29, 0.717) is 24.5 Å². The summed E-state index contributed by atoms with van der Waals surface area (Å²) in [7, 11) is 0. The van der Waals surface area contributed by atoms with E-state index in [0.717, 1.165) is 24.8 Å². The molecule has 4 rings (SSSR count). The van der Waals surface area contributed by atoms with Crippen LogP contribution in [0, 0.1) is 5.92 Å². The normalized spacial score (nSPS) is 30.4. The Bertz CT molecular complexity index is 707. The molecule has 0 aliphatic carbocycles. The molecule has 0 radical (unpaired) electrons. The van der Waals surface area contributed by atoms with Crippen LogP contribution in [-0.4, -0.2) is 46.8 Å². The molecule has 1 aromatic rings. The Morgan fingerprint density at radius 1 is 1.32 bits per heavy atom. The topological polar surface area (TPSA) is 88.1 Å². The highest BCUT2D eigenvalue weighted by molar-refractivity contribution is 5.93. The maximum absolute atomic E-state index is 13.1. The number of benzene rings is 1. The van der Waals surface area contributed by atoms with Gasteiger partial charge in [0.25, 0.3) is 5.91 Å². The molecule has 3 unspecified atom stereocenters. The Balaban J connectivity index is 1.56. The maximum Gasteiger partial charge on any atom is 0.274 e. The van der Waals surface area contributed by atoms with Crippen molar-refractivity contribution >= 4 is 11.8 Å². The molecule has 3 aliphatic heterocycles. The molecule has 2 bridgehead atoms. The molecule has 7 heteroatoms. The molecule has 2 amide bonds. The molecule has 3 heterocycles. The first-order valence-electron chi connectivity index (χ1n) is 8.73. The third-order valence-electron chi connectivity index (χ3n) is 5.49. The van der Waals surface area contributed by atoms with Crippen molar-refractivity contribution < 1.29 is 24.3 Å². The lowest BCUT2D eigenvalue weighted by Gasteiger charge is -2.31. The summed E-state index contributed by atoms with van der Waals surface area (Å²) in [6.07, 6.45) is 3.14. The van der Waals surface area contributed by atoms with Gasteiger partial charge >= 0.3 is 0 Å². The van der Waals surface area contributed by atoms with Crippen LogP contribution in [-0.2, 0) is 16.1 Å². The standard InChI is InChI=1S/C18H22N2O5/c1-10-9-24-16-6-11(17(21)19-23)2-3-12(16)8-20(10)18(22)14-7-13-4-5-15(14)25-13/h2-3,6,10,13-15,23H,4-5,7-9H2,1H3,(H,19,21)/t10-,13?,14?,15?/m0/s1. The number of nitrogens with zero attached hydrogens (tertiary/aromatic N) is 1. The van der Waals surface area contributed by atoms with Gasteiger partial charge in [-0.05, 0) is 38.3 Å². The number of amides is 2. The van der Waals surface area contributed by atoms with E-state index in [9.17, 15) is 9.59 Å². The second-order valence-corrected chi connectivity index (χ2v) is 7.11. The number of hydrogen-bond acceptors (Lipinski definition) is 5. The lowest BCUT2D eigenvalue weighted by atomic mass is 9.88. The van der Waals surface area contributed by atoms with Gasteiger partial charge in [-0.15, -0.1) is 0 Å². The Morgan fingerprint density at radius 2 is 2.16 bits per heavy atom. The van der Waals surface area contributed by atoms with E-state index in [4.69, 9.17) is 14.7 Å². The summed E-state index contributed by atoms with van der Waals surface area (Å²) in [5.74, 6) is 0.0683. The van der Waals surface area contributed by atoms with E-state index < -0.39 is 5.91 Å². The molecule has 0 saturated carbocycles. The molecule has 1 aromatic carbocycles. The van der Waals surface area contributed by atoms with E-state index in [1.807, 2.05) is 11.8 Å². The summed E-state index contributed by atoms with van der Waals surface area (Å²) in [6, 6.07) is 4.93. The van der Waals surface area contributed by atoms with Gasteiger partial charge in [0.1, 0.15) is 12.4 Å². The van der Waals surface area contributed by atoms with Crippen molar-refractivity contribution in [3.63, 3.8) is 0 Å². The van der Waals surface area contributed by atoms with Gasteiger partial charge < -0.3 is 14.4 Å². The Morgan fingerprint density at radius 3 is 2.84 bits per heavy atom. The lowest BCUT2D eigenvalue weighted by Crippen LogP contribution is -2.45. The number of ether oxygens (including phenoxy) is 2. The fraction of sp³-hybridized carbons (Fsp3) is 0.556. The molecule has 2 saturated heterocycles. The van der Waals surface area contributed by atoms with Crippen molar-refractivity contribution in [3.05, 3.63) is 29.3 Å². The zero-order valence-corrected chi connectivity index (χ0v) is 14.1. The molecule has 3 aliphatic rings. The highest BCUT2D eigenvalue weighted by atomic mass is 16.5. The van der Waals surface area contributed by atoms with Crippen LogP contribution < -0.4 is 10.2 Å². The Labute approximate surface area is 145 Å². The average molecular weight is 346 g/mol. The Hall–Kier alpha value is -2.12. The summed E-state index contributed by atoms with van der Waals surface area (Å²) in [6.45, 7) is 2.79. The van der Waals surface area contributed by atoms with Crippen LogP contribution in [0.5, 0.6) is 5.75 Å². The summed E-state index contributed by atoms with van der Waals surface area (Å²) >= 11 is 0. The number of nitrogens with one attached hydrogen (secondary N) is 1. The van der Waals surface area contributed by atoms with E-state index in [-0.39, 0.29) is 30.1 Å². The predicted molar refractivity (Wildman–Crippen MR) is 87.2 cm³/mol. The SMILES string of the molecule is C[C@H]1COc2cc(C(=O)NO)ccc2CN1C(=O)C1CC2CCC1O2. The van der Waals surface area contributed by atoms with Crippen molar-refractivity contribution in [1.82, 2.24) is 10.4 Å². The van der Waals surface area contributed by atoms with Crippen molar-refractivity contribution in [1.29, 1.82) is 0 Å². The van der Waals surface area contributed by atoms with E-state index in [2.05, 4.69) is 0 Å². The summed E-state index contributed by atoms with van der Waals surface area (Å²) < 4.78 is 11.7. The number of hydrogen-bond donors (Lipinski definition) is 2. The van der Waals surface area contributed by atoms with Gasteiger partial charge in [0, 0.05) is 17.7 Å². The number of rotatable bonds is 2. The van der Waals surface area contributed by atoms with Gasteiger partial charge in [0.2, 0.25) is 5.91 Å². The maximum atomic E-state index is 13.1. The van der Waals surface area contributed by atoms with Crippen LogP contribution in [0.4, 0.5) is 0 Å². The molecule has 7 nitrogen and oxygen atoms in total. The molecular formula is C18H22N2O5. The first-order valence-corrected chi connectivity index (χ1v) is 8.73. The van der Waals surface area contributed by atoms with Gasteiger partial charge in [-0.1, -0.05) is 6.07 Å². The molecule has 4 atom stereocenters. The average Bonchev–Trinajstić information content (AvgIpc) is 3.22. The van der Waals surface area contributed by atoms with Crippen molar-refractivity contribution in [2.75, 3.05) is 6.61 Å². The van der Waals surface area contributed by atoms with E-state index in [1.165, 1.54) is 0 Å². The summed E-state index contributed by atoms with van der Waals surface area (Å²) in [5.41, 5.74) is 2.79. The van der Waals surface area contributed by atoms with Gasteiger partial charge in [0.05, 0.1) is 24.2 Å². The zero-order chi connectivity index (χ0) is 17.6. The van der Waals surface area contributed by atoms with Crippen molar-refractivity contribution in [3.8, 4) is 5.75 Å². The molecule has 2 N–H and O–H groups in total. The minimum atomic E-state index is -0.587. The largest absolute Gasteiger partial charge is 0.491 e. The monoisotopic (exact) mass is 346 g/mol. The van der Waals surface area contributed by atoms with Gasteiger partial charge in [-0.2, -0.15) is 0 Å². The van der Waals surface area contributed by atoms with Crippen LogP contribution in [0.1, 0.15) is 42.1 Å². The fourth-order valence-electron chi connectivity index (χ4n) is 4.07. The molecule has 0 spiro atoms. The molecular weight excluding hydrogens is 324 g/mol. The van der Waals surface area contributed by atoms with E-state index in [1.54, 1.807) is 23.7 Å². The number of carbonyl (C=O) groups is 2. The van der Waals surface area contributed by atoms with Gasteiger partial charge in [0.15, 0.2) is 0 Å². The third kappa shape index (κ3) is 2.87. The summed E-state index contributed by atoms with van der Waals surface area (Å²) in [4.78, 5) is 26.5. The number of fused-ring (bicyclic) bond motifs is 3. The predicted octanol–water partition coefficient (Wildman–Crippen LogP) is 1.48. The Kier molecular flexibility index (Phi) is 4.13. The summed E-state index contributed by atoms with van der Waals surface area (Å²) in [5, 5.41) is 8.77. The van der Waals surface area contributed by atoms with Crippen molar-refractivity contribution in [2.24, 2.45) is 5.92 Å². The van der Waals surface area contributed by atoms with Gasteiger partial charge in [-0.25, -0.2) is 5.48 Å². The second-order valence-electron chi connectivity index (χ2n) is 7.11. The van der Waals surface area contributed by atoms with Crippen molar-refractivity contribution in [2.45, 2.75) is 51.0 Å². The smallest absolute Gasteiger partial charge is 0.274 e. The quantitative estimate of drug-likeness (QED) is 0.626. The van der Waals surface area contributed by atoms with Crippen LogP contribution in [0.25, 0.3) is 0 Å². The zero-order valence-electron chi connectivity index (χ0n) is 14.1. The third-order valence-corrected chi connectivity index (χ3v) is 5.49. The minimum absolute atomic E-state index is 0.0535. The number of hydroxylamine groups is 1. The van der Waals surface area contributed by atoms with E-state index >= 15 is 0 Å². The minimum Gasteiger partial charge on any atom is -0.491 e. The highest BCUT2D eigenvalue weighted by Gasteiger charge is 2.46. The van der Waals surface area contributed by atoms with Crippen LogP contribution in [0.3, 0.4) is 0 Å². The lowest BCUT2D eigenvalue weighted by molar-refractivity contribution is -0.140. The van der Waals surface area contributed by atoms with Crippen LogP contribution in [0.2, 0.25) is 0 Å². The van der Waals surface area contributed by atoms with Gasteiger partial charge in [-0.3, -0.25) is 14.8 Å². The molecule has 2 fully saturated rings. The second kappa shape index (κ2) is 6.31. The molecule has 25 heavy (non-hydrogen) atoms. The molecule has 134 valence electrons. The highest BCUT2D eigenvalue weighted by Crippen LogP contribution is 2.40. The van der Waals surface area contributed by atoms with Crippen LogP contribution in [0.15, 0.2) is 18.2 Å². The first-order chi connectivity index (χ1) is 12.1. The van der Waals surface area contributed by atoms with Crippen LogP contribution >= 0.6 is 0 Å². The molecule has 0 aromatic heterocycles.